The summed E-state index contributed by atoms with van der Waals surface area (Å²) in [7, 11) is -3.47. The fourth-order valence-corrected chi connectivity index (χ4v) is 3.09. The van der Waals surface area contributed by atoms with Crippen LogP contribution in [0.2, 0.25) is 4.47 Å². The molecule has 0 amide bonds. The predicted molar refractivity (Wildman–Crippen MR) is 57.1 cm³/mol. The molecule has 0 aromatic carbocycles. The normalized spacial score (nSPS) is 11.6. The quantitative estimate of drug-likeness (QED) is 0.829. The third-order valence-corrected chi connectivity index (χ3v) is 4.26. The van der Waals surface area contributed by atoms with Gasteiger partial charge in [0, 0.05) is 6.54 Å². The van der Waals surface area contributed by atoms with Gasteiger partial charge < -0.3 is 0 Å². The lowest BCUT2D eigenvalue weighted by atomic mass is 10.4. The van der Waals surface area contributed by atoms with Gasteiger partial charge >= 0.3 is 0 Å². The summed E-state index contributed by atoms with van der Waals surface area (Å²) in [6, 6.07) is 0. The average molecular weight is 253 g/mol. The first-order valence-corrected chi connectivity index (χ1v) is 6.35. The van der Waals surface area contributed by atoms with Crippen LogP contribution in [0, 0.1) is 0 Å². The van der Waals surface area contributed by atoms with Crippen molar-refractivity contribution in [2.45, 2.75) is 11.1 Å². The lowest BCUT2D eigenvalue weighted by Crippen LogP contribution is -2.24. The van der Waals surface area contributed by atoms with Crippen molar-refractivity contribution < 1.29 is 8.42 Å². The molecule has 0 radical (unpaired) electrons. The summed E-state index contributed by atoms with van der Waals surface area (Å²) >= 11 is 6.45. The molecule has 0 atom stereocenters. The van der Waals surface area contributed by atoms with E-state index in [0.717, 1.165) is 16.9 Å². The Morgan fingerprint density at radius 1 is 1.79 bits per heavy atom. The van der Waals surface area contributed by atoms with Gasteiger partial charge in [0.2, 0.25) is 0 Å². The molecule has 0 aliphatic rings. The largest absolute Gasteiger partial charge is 0.252 e. The second kappa shape index (κ2) is 4.39. The minimum atomic E-state index is -3.47. The van der Waals surface area contributed by atoms with Gasteiger partial charge in [0.1, 0.15) is 0 Å². The maximum Gasteiger partial charge on any atom is 0.252 e. The zero-order valence-corrected chi connectivity index (χ0v) is 9.84. The van der Waals surface area contributed by atoms with E-state index in [4.69, 9.17) is 11.6 Å². The Balaban J connectivity index is 2.81. The Labute approximate surface area is 91.7 Å². The summed E-state index contributed by atoms with van der Waals surface area (Å²) in [5.41, 5.74) is 0.740. The molecule has 7 heteroatoms. The van der Waals surface area contributed by atoms with E-state index in [1.807, 2.05) is 0 Å². The maximum atomic E-state index is 11.5. The zero-order chi connectivity index (χ0) is 10.8. The molecule has 0 unspecified atom stereocenters. The van der Waals surface area contributed by atoms with Gasteiger partial charge in [-0.1, -0.05) is 35.1 Å². The van der Waals surface area contributed by atoms with E-state index in [-0.39, 0.29) is 15.2 Å². The van der Waals surface area contributed by atoms with Gasteiger partial charge in [-0.05, 0) is 6.92 Å². The predicted octanol–water partition coefficient (Wildman–Crippen LogP) is 1.65. The molecule has 0 fully saturated rings. The highest BCUT2D eigenvalue weighted by atomic mass is 35.5. The number of thiazole rings is 1. The van der Waals surface area contributed by atoms with Crippen molar-refractivity contribution in [3.63, 3.8) is 0 Å². The molecule has 0 aliphatic heterocycles. The van der Waals surface area contributed by atoms with Crippen LogP contribution < -0.4 is 4.72 Å². The van der Waals surface area contributed by atoms with Gasteiger partial charge in [0.05, 0.1) is 6.20 Å². The molecule has 4 nitrogen and oxygen atoms in total. The topological polar surface area (TPSA) is 59.1 Å². The van der Waals surface area contributed by atoms with E-state index in [2.05, 4.69) is 16.3 Å². The number of rotatable bonds is 4. The molecule has 1 rings (SSSR count). The number of nitrogens with one attached hydrogen (secondary N) is 1. The monoisotopic (exact) mass is 252 g/mol. The van der Waals surface area contributed by atoms with Crippen LogP contribution >= 0.6 is 22.9 Å². The van der Waals surface area contributed by atoms with E-state index >= 15 is 0 Å². The molecular weight excluding hydrogens is 244 g/mol. The Morgan fingerprint density at radius 3 is 2.86 bits per heavy atom. The number of hydrogen-bond donors (Lipinski definition) is 1. The van der Waals surface area contributed by atoms with E-state index in [1.165, 1.54) is 6.20 Å². The van der Waals surface area contributed by atoms with Crippen molar-refractivity contribution in [3.05, 3.63) is 22.8 Å². The van der Waals surface area contributed by atoms with Gasteiger partial charge in [0.15, 0.2) is 8.68 Å². The number of hydrogen-bond acceptors (Lipinski definition) is 4. The van der Waals surface area contributed by atoms with Crippen molar-refractivity contribution in [3.8, 4) is 0 Å². The molecule has 0 saturated heterocycles. The fraction of sp³-hybridized carbons (Fsp3) is 0.286. The van der Waals surface area contributed by atoms with Gasteiger partial charge in [-0.2, -0.15) is 0 Å². The van der Waals surface area contributed by atoms with Crippen LogP contribution in [0.1, 0.15) is 6.92 Å². The lowest BCUT2D eigenvalue weighted by molar-refractivity contribution is 0.586. The smallest absolute Gasteiger partial charge is 0.232 e. The number of halogens is 1. The van der Waals surface area contributed by atoms with Gasteiger partial charge in [-0.25, -0.2) is 18.1 Å². The first-order valence-electron chi connectivity index (χ1n) is 3.67. The molecule has 0 aliphatic carbocycles. The van der Waals surface area contributed by atoms with E-state index in [0.29, 0.717) is 0 Å². The molecule has 1 aromatic rings. The highest BCUT2D eigenvalue weighted by Crippen LogP contribution is 2.21. The molecule has 14 heavy (non-hydrogen) atoms. The molecular formula is C7H9ClN2O2S2. The Kier molecular flexibility index (Phi) is 3.65. The summed E-state index contributed by atoms with van der Waals surface area (Å²) < 4.78 is 25.7. The van der Waals surface area contributed by atoms with Crippen LogP contribution in [0.25, 0.3) is 0 Å². The second-order valence-electron chi connectivity index (χ2n) is 2.71. The third-order valence-electron chi connectivity index (χ3n) is 1.29. The lowest BCUT2D eigenvalue weighted by Gasteiger charge is -2.02. The third kappa shape index (κ3) is 3.06. The summed E-state index contributed by atoms with van der Waals surface area (Å²) in [6.07, 6.45) is 1.23. The van der Waals surface area contributed by atoms with Crippen LogP contribution in [0.5, 0.6) is 0 Å². The molecule has 1 heterocycles. The van der Waals surface area contributed by atoms with Crippen molar-refractivity contribution >= 4 is 33.0 Å². The van der Waals surface area contributed by atoms with Gasteiger partial charge in [0.25, 0.3) is 10.0 Å². The molecule has 1 aromatic heterocycles. The highest BCUT2D eigenvalue weighted by Gasteiger charge is 2.16. The van der Waals surface area contributed by atoms with Crippen LogP contribution in [0.4, 0.5) is 0 Å². The average Bonchev–Trinajstić information content (AvgIpc) is 2.49. The summed E-state index contributed by atoms with van der Waals surface area (Å²) in [5, 5.41) is 0. The minimum Gasteiger partial charge on any atom is -0.232 e. The van der Waals surface area contributed by atoms with Crippen LogP contribution in [-0.4, -0.2) is 19.9 Å². The Morgan fingerprint density at radius 2 is 2.43 bits per heavy atom. The molecule has 0 bridgehead atoms. The van der Waals surface area contributed by atoms with Crippen molar-refractivity contribution in [2.24, 2.45) is 0 Å². The van der Waals surface area contributed by atoms with Crippen molar-refractivity contribution in [2.75, 3.05) is 6.54 Å². The van der Waals surface area contributed by atoms with Crippen LogP contribution in [0.15, 0.2) is 22.6 Å². The first-order chi connectivity index (χ1) is 6.42. The molecule has 78 valence electrons. The Hall–Kier alpha value is -0.430. The maximum absolute atomic E-state index is 11.5. The summed E-state index contributed by atoms with van der Waals surface area (Å²) in [5.74, 6) is 0. The summed E-state index contributed by atoms with van der Waals surface area (Å²) in [6.45, 7) is 5.55. The standard InChI is InChI=1S/C7H9ClN2O2S2/c1-5(2)3-10-14(11,12)6-4-9-7(8)13-6/h4,10H,1,3H2,2H3. The number of sulfonamides is 1. The van der Waals surface area contributed by atoms with Crippen molar-refractivity contribution in [1.82, 2.24) is 9.71 Å². The molecule has 0 saturated carbocycles. The molecule has 1 N–H and O–H groups in total. The SMILES string of the molecule is C=C(C)CNS(=O)(=O)c1cnc(Cl)s1. The Bertz CT molecular complexity index is 438. The summed E-state index contributed by atoms with van der Waals surface area (Å²) in [4.78, 5) is 3.65. The van der Waals surface area contributed by atoms with Gasteiger partial charge in [-0.3, -0.25) is 0 Å². The van der Waals surface area contributed by atoms with Crippen molar-refractivity contribution in [1.29, 1.82) is 0 Å². The number of aromatic nitrogens is 1. The minimum absolute atomic E-state index is 0.115. The van der Waals surface area contributed by atoms with Gasteiger partial charge in [-0.15, -0.1) is 0 Å². The first kappa shape index (κ1) is 11.6. The number of nitrogens with zero attached hydrogens (tertiary/aromatic N) is 1. The zero-order valence-electron chi connectivity index (χ0n) is 7.45. The van der Waals surface area contributed by atoms with Crippen LogP contribution in [-0.2, 0) is 10.0 Å². The van der Waals surface area contributed by atoms with E-state index < -0.39 is 10.0 Å². The second-order valence-corrected chi connectivity index (χ2v) is 6.32. The van der Waals surface area contributed by atoms with E-state index in [1.54, 1.807) is 6.92 Å². The fourth-order valence-electron chi connectivity index (χ4n) is 0.653. The van der Waals surface area contributed by atoms with E-state index in [9.17, 15) is 8.42 Å². The highest BCUT2D eigenvalue weighted by molar-refractivity contribution is 7.91. The molecule has 0 spiro atoms. The van der Waals surface area contributed by atoms with Crippen LogP contribution in [0.3, 0.4) is 0 Å².